The third-order valence-electron chi connectivity index (χ3n) is 2.59. The van der Waals surface area contributed by atoms with Gasteiger partial charge in [0.05, 0.1) is 18.5 Å². The highest BCUT2D eigenvalue weighted by Gasteiger charge is 2.24. The Morgan fingerprint density at radius 1 is 1.50 bits per heavy atom. The molecule has 0 aromatic heterocycles. The maximum atomic E-state index is 11.2. The Bertz CT molecular complexity index is 532. The number of hydrogen-bond donors (Lipinski definition) is 0. The van der Waals surface area contributed by atoms with Crippen LogP contribution in [0.1, 0.15) is 23.6 Å². The van der Waals surface area contributed by atoms with Crippen molar-refractivity contribution in [1.29, 1.82) is 5.26 Å². The quantitative estimate of drug-likeness (QED) is 0.459. The topological polar surface area (TPSA) is 93.2 Å². The molecule has 0 radical (unpaired) electrons. The van der Waals surface area contributed by atoms with Gasteiger partial charge in [-0.15, -0.1) is 0 Å². The maximum Gasteiger partial charge on any atom is 0.310 e. The highest BCUT2D eigenvalue weighted by Crippen LogP contribution is 2.27. The van der Waals surface area contributed by atoms with Crippen LogP contribution in [0, 0.1) is 21.4 Å². The average molecular weight is 248 g/mol. The molecule has 0 atom stereocenters. The van der Waals surface area contributed by atoms with Gasteiger partial charge in [0.25, 0.3) is 5.69 Å². The van der Waals surface area contributed by atoms with Crippen molar-refractivity contribution in [2.24, 2.45) is 0 Å². The molecule has 0 unspecified atom stereocenters. The van der Waals surface area contributed by atoms with Gasteiger partial charge in [-0.3, -0.25) is 14.9 Å². The second kappa shape index (κ2) is 5.77. The molecule has 0 aliphatic heterocycles. The van der Waals surface area contributed by atoms with Gasteiger partial charge in [-0.1, -0.05) is 19.1 Å². The second-order valence-corrected chi connectivity index (χ2v) is 3.58. The van der Waals surface area contributed by atoms with Gasteiger partial charge in [-0.25, -0.2) is 0 Å². The molecule has 0 spiro atoms. The lowest BCUT2D eigenvalue weighted by atomic mass is 9.98. The number of carbonyl (C=O) groups is 1. The molecular weight excluding hydrogens is 236 g/mol. The number of esters is 1. The predicted octanol–water partition coefficient (Wildman–Crippen LogP) is 1.74. The molecule has 1 aromatic rings. The largest absolute Gasteiger partial charge is 0.469 e. The average Bonchev–Trinajstić information content (AvgIpc) is 2.37. The van der Waals surface area contributed by atoms with Gasteiger partial charge < -0.3 is 4.74 Å². The Morgan fingerprint density at radius 3 is 2.56 bits per heavy atom. The third-order valence-corrected chi connectivity index (χ3v) is 2.59. The Hall–Kier alpha value is -2.42. The van der Waals surface area contributed by atoms with Gasteiger partial charge in [0.1, 0.15) is 11.6 Å². The summed E-state index contributed by atoms with van der Waals surface area (Å²) in [5, 5.41) is 20.1. The Kier molecular flexibility index (Phi) is 4.38. The number of carbonyl (C=O) groups excluding carboxylic acids is 1. The zero-order valence-corrected chi connectivity index (χ0v) is 10.1. The standard InChI is InChI=1S/C12H12N2O4/c1-3-8-4-5-9(6-11(15)18-2)12(14(16)17)10(8)7-13/h4-5H,3,6H2,1-2H3. The monoisotopic (exact) mass is 248 g/mol. The fourth-order valence-corrected chi connectivity index (χ4v) is 1.67. The lowest BCUT2D eigenvalue weighted by Crippen LogP contribution is -2.09. The Morgan fingerprint density at radius 2 is 2.11 bits per heavy atom. The van der Waals surface area contributed by atoms with Crippen LogP contribution in [0.25, 0.3) is 0 Å². The molecule has 6 heteroatoms. The predicted molar refractivity (Wildman–Crippen MR) is 62.9 cm³/mol. The first-order valence-electron chi connectivity index (χ1n) is 5.31. The highest BCUT2D eigenvalue weighted by atomic mass is 16.6. The summed E-state index contributed by atoms with van der Waals surface area (Å²) < 4.78 is 4.47. The zero-order chi connectivity index (χ0) is 13.7. The minimum atomic E-state index is -0.629. The summed E-state index contributed by atoms with van der Waals surface area (Å²) in [6.45, 7) is 1.81. The molecule has 0 heterocycles. The number of hydrogen-bond acceptors (Lipinski definition) is 5. The summed E-state index contributed by atoms with van der Waals surface area (Å²) >= 11 is 0. The number of nitro groups is 1. The van der Waals surface area contributed by atoms with Crippen LogP contribution in [-0.4, -0.2) is 18.0 Å². The van der Waals surface area contributed by atoms with E-state index in [0.29, 0.717) is 12.0 Å². The van der Waals surface area contributed by atoms with E-state index in [1.54, 1.807) is 13.0 Å². The molecule has 1 aromatic carbocycles. The number of nitriles is 1. The van der Waals surface area contributed by atoms with Crippen LogP contribution < -0.4 is 0 Å². The van der Waals surface area contributed by atoms with Gasteiger partial charge in [-0.05, 0) is 12.0 Å². The second-order valence-electron chi connectivity index (χ2n) is 3.58. The molecule has 94 valence electrons. The molecule has 18 heavy (non-hydrogen) atoms. The van der Waals surface area contributed by atoms with Crippen molar-refractivity contribution in [2.75, 3.05) is 7.11 Å². The smallest absolute Gasteiger partial charge is 0.310 e. The first-order valence-corrected chi connectivity index (χ1v) is 5.31. The number of methoxy groups -OCH3 is 1. The summed E-state index contributed by atoms with van der Waals surface area (Å²) in [4.78, 5) is 21.6. The number of nitro benzene ring substituents is 1. The molecule has 6 nitrogen and oxygen atoms in total. The molecule has 0 fully saturated rings. The normalized spacial score (nSPS) is 9.61. The minimum absolute atomic E-state index is 0.0175. The van der Waals surface area contributed by atoms with Crippen LogP contribution >= 0.6 is 0 Å². The third kappa shape index (κ3) is 2.63. The molecular formula is C12H12N2O4. The number of benzene rings is 1. The first-order chi connectivity index (χ1) is 8.54. The number of rotatable bonds is 4. The number of ether oxygens (including phenoxy) is 1. The molecule has 0 amide bonds. The van der Waals surface area contributed by atoms with E-state index in [1.165, 1.54) is 13.2 Å². The molecule has 0 aliphatic carbocycles. The molecule has 0 saturated heterocycles. The summed E-state index contributed by atoms with van der Waals surface area (Å²) in [7, 11) is 1.21. The van der Waals surface area contributed by atoms with Crippen molar-refractivity contribution in [3.05, 3.63) is 38.9 Å². The SMILES string of the molecule is CCc1ccc(CC(=O)OC)c([N+](=O)[O-])c1C#N. The van der Waals surface area contributed by atoms with Crippen LogP contribution in [0.4, 0.5) is 5.69 Å². The molecule has 0 aliphatic rings. The van der Waals surface area contributed by atoms with Crippen molar-refractivity contribution in [3.8, 4) is 6.07 Å². The van der Waals surface area contributed by atoms with Crippen molar-refractivity contribution in [2.45, 2.75) is 19.8 Å². The molecule has 0 bridgehead atoms. The molecule has 1 rings (SSSR count). The Labute approximate surface area is 104 Å². The van der Waals surface area contributed by atoms with Crippen molar-refractivity contribution < 1.29 is 14.5 Å². The Balaban J connectivity index is 3.40. The van der Waals surface area contributed by atoms with Crippen molar-refractivity contribution in [1.82, 2.24) is 0 Å². The summed E-state index contributed by atoms with van der Waals surface area (Å²) in [6, 6.07) is 4.96. The maximum absolute atomic E-state index is 11.2. The van der Waals surface area contributed by atoms with Crippen LogP contribution in [0.3, 0.4) is 0 Å². The number of aryl methyl sites for hydroxylation is 1. The van der Waals surface area contributed by atoms with Gasteiger partial charge in [-0.2, -0.15) is 5.26 Å². The lowest BCUT2D eigenvalue weighted by molar-refractivity contribution is -0.385. The van der Waals surface area contributed by atoms with E-state index in [9.17, 15) is 14.9 Å². The summed E-state index contributed by atoms with van der Waals surface area (Å²) in [6.07, 6.45) is 0.299. The molecule has 0 N–H and O–H groups in total. The highest BCUT2D eigenvalue weighted by molar-refractivity contribution is 5.75. The van der Waals surface area contributed by atoms with E-state index in [1.807, 2.05) is 6.07 Å². The fraction of sp³-hybridized carbons (Fsp3) is 0.333. The van der Waals surface area contributed by atoms with Gasteiger partial charge in [0.2, 0.25) is 0 Å². The lowest BCUT2D eigenvalue weighted by Gasteiger charge is -2.06. The van der Waals surface area contributed by atoms with E-state index in [2.05, 4.69) is 4.74 Å². The summed E-state index contributed by atoms with van der Waals surface area (Å²) in [5.74, 6) is -0.578. The van der Waals surface area contributed by atoms with Gasteiger partial charge >= 0.3 is 5.97 Å². The van der Waals surface area contributed by atoms with E-state index in [4.69, 9.17) is 5.26 Å². The van der Waals surface area contributed by atoms with Crippen LogP contribution in [0.15, 0.2) is 12.1 Å². The number of nitrogens with zero attached hydrogens (tertiary/aromatic N) is 2. The first kappa shape index (κ1) is 13.6. The van der Waals surface area contributed by atoms with E-state index < -0.39 is 10.9 Å². The minimum Gasteiger partial charge on any atom is -0.469 e. The van der Waals surface area contributed by atoms with Crippen molar-refractivity contribution in [3.63, 3.8) is 0 Å². The fourth-order valence-electron chi connectivity index (χ4n) is 1.67. The van der Waals surface area contributed by atoms with Gasteiger partial charge in [0, 0.05) is 5.56 Å². The van der Waals surface area contributed by atoms with Gasteiger partial charge in [0.15, 0.2) is 0 Å². The van der Waals surface area contributed by atoms with Crippen LogP contribution in [0.2, 0.25) is 0 Å². The summed E-state index contributed by atoms with van der Waals surface area (Å²) in [5.41, 5.74) is 0.504. The van der Waals surface area contributed by atoms with E-state index in [-0.39, 0.29) is 23.2 Å². The van der Waals surface area contributed by atoms with Crippen molar-refractivity contribution >= 4 is 11.7 Å². The van der Waals surface area contributed by atoms with Crippen LogP contribution in [-0.2, 0) is 22.4 Å². The molecule has 0 saturated carbocycles. The zero-order valence-electron chi connectivity index (χ0n) is 10.1. The van der Waals surface area contributed by atoms with E-state index >= 15 is 0 Å². The van der Waals surface area contributed by atoms with Crippen LogP contribution in [0.5, 0.6) is 0 Å². The van der Waals surface area contributed by atoms with E-state index in [0.717, 1.165) is 0 Å².